The molecule has 0 unspecified atom stereocenters. The molecule has 6 heteroatoms. The normalized spacial score (nSPS) is 11.3. The van der Waals surface area contributed by atoms with Gasteiger partial charge in [-0.3, -0.25) is 9.36 Å². The molecule has 0 aromatic heterocycles. The van der Waals surface area contributed by atoms with Crippen molar-refractivity contribution in [3.05, 3.63) is 29.3 Å². The number of rotatable bonds is 5. The van der Waals surface area contributed by atoms with Gasteiger partial charge in [-0.25, -0.2) is 0 Å². The van der Waals surface area contributed by atoms with Crippen molar-refractivity contribution < 1.29 is 23.9 Å². The van der Waals surface area contributed by atoms with Gasteiger partial charge in [-0.05, 0) is 37.1 Å². The van der Waals surface area contributed by atoms with Crippen molar-refractivity contribution in [2.45, 2.75) is 13.8 Å². The van der Waals surface area contributed by atoms with Gasteiger partial charge in [0.15, 0.2) is 5.78 Å². The number of ether oxygens (including phenoxy) is 1. The first-order valence-electron chi connectivity index (χ1n) is 5.03. The zero-order valence-electron chi connectivity index (χ0n) is 9.71. The lowest BCUT2D eigenvalue weighted by atomic mass is 10.1. The molecule has 0 saturated heterocycles. The second-order valence-corrected chi connectivity index (χ2v) is 5.62. The summed E-state index contributed by atoms with van der Waals surface area (Å²) < 4.78 is 15.8. The Morgan fingerprint density at radius 3 is 2.24 bits per heavy atom. The molecule has 0 amide bonds. The molecule has 2 N–H and O–H groups in total. The maximum Gasteiger partial charge on any atom is 0.333 e. The van der Waals surface area contributed by atoms with E-state index in [2.05, 4.69) is 0 Å². The summed E-state index contributed by atoms with van der Waals surface area (Å²) in [5.41, 5.74) is 2.00. The quantitative estimate of drug-likeness (QED) is 0.780. The van der Waals surface area contributed by atoms with E-state index in [4.69, 9.17) is 14.5 Å². The number of hydrogen-bond acceptors (Lipinski definition) is 3. The summed E-state index contributed by atoms with van der Waals surface area (Å²) in [4.78, 5) is 28.4. The molecule has 5 nitrogen and oxygen atoms in total. The summed E-state index contributed by atoms with van der Waals surface area (Å²) in [6.45, 7) is 3.47. The minimum Gasteiger partial charge on any atom is -0.486 e. The minimum atomic E-state index is -4.29. The van der Waals surface area contributed by atoms with Crippen LogP contribution >= 0.6 is 7.60 Å². The number of ketones is 1. The van der Waals surface area contributed by atoms with Gasteiger partial charge in [-0.1, -0.05) is 6.07 Å². The summed E-state index contributed by atoms with van der Waals surface area (Å²) >= 11 is 0. The van der Waals surface area contributed by atoms with E-state index >= 15 is 0 Å². The van der Waals surface area contributed by atoms with Gasteiger partial charge in [-0.15, -0.1) is 0 Å². The van der Waals surface area contributed by atoms with Gasteiger partial charge in [0.25, 0.3) is 0 Å². The Morgan fingerprint density at radius 2 is 1.76 bits per heavy atom. The number of carbonyl (C=O) groups is 1. The predicted octanol–water partition coefficient (Wildman–Crippen LogP) is 1.43. The van der Waals surface area contributed by atoms with Crippen LogP contribution in [0.5, 0.6) is 5.75 Å². The summed E-state index contributed by atoms with van der Waals surface area (Å²) in [7, 11) is -4.29. The highest BCUT2D eigenvalue weighted by Gasteiger charge is 2.19. The van der Waals surface area contributed by atoms with E-state index < -0.39 is 19.5 Å². The first-order valence-corrected chi connectivity index (χ1v) is 6.83. The Balaban J connectivity index is 2.56. The van der Waals surface area contributed by atoms with Crippen LogP contribution in [0.15, 0.2) is 18.2 Å². The molecule has 0 atom stereocenters. The maximum absolute atomic E-state index is 11.2. The highest BCUT2D eigenvalue weighted by atomic mass is 31.2. The molecule has 17 heavy (non-hydrogen) atoms. The van der Waals surface area contributed by atoms with Crippen LogP contribution in [0.4, 0.5) is 0 Å². The van der Waals surface area contributed by atoms with E-state index in [1.165, 1.54) is 0 Å². The van der Waals surface area contributed by atoms with Gasteiger partial charge in [0, 0.05) is 0 Å². The Kier molecular flexibility index (Phi) is 4.46. The standard InChI is InChI=1S/C11H15O5P/c1-8-3-9(2)5-11(4-8)16-6-10(12)7-17(13,14)15/h3-5H,6-7H2,1-2H3,(H2,13,14,15). The van der Waals surface area contributed by atoms with Crippen molar-refractivity contribution in [1.82, 2.24) is 0 Å². The molecule has 1 rings (SSSR count). The summed E-state index contributed by atoms with van der Waals surface area (Å²) in [6, 6.07) is 5.49. The van der Waals surface area contributed by atoms with Crippen LogP contribution in [0.2, 0.25) is 0 Å². The summed E-state index contributed by atoms with van der Waals surface area (Å²) in [5.74, 6) is -0.0842. The van der Waals surface area contributed by atoms with E-state index in [9.17, 15) is 9.36 Å². The average Bonchev–Trinajstić information content (AvgIpc) is 2.10. The highest BCUT2D eigenvalue weighted by Crippen LogP contribution is 2.33. The molecular formula is C11H15O5P. The van der Waals surface area contributed by atoms with E-state index in [1.54, 1.807) is 12.1 Å². The fourth-order valence-electron chi connectivity index (χ4n) is 1.46. The average molecular weight is 258 g/mol. The second-order valence-electron chi connectivity index (χ2n) is 3.97. The Bertz CT molecular complexity index is 443. The Hall–Kier alpha value is -1.16. The van der Waals surface area contributed by atoms with Crippen molar-refractivity contribution in [2.24, 2.45) is 0 Å². The SMILES string of the molecule is Cc1cc(C)cc(OCC(=O)CP(=O)(O)O)c1. The molecule has 0 bridgehead atoms. The molecule has 1 aromatic rings. The molecule has 94 valence electrons. The van der Waals surface area contributed by atoms with E-state index in [0.717, 1.165) is 11.1 Å². The Morgan fingerprint density at radius 1 is 1.24 bits per heavy atom. The molecular weight excluding hydrogens is 243 g/mol. The smallest absolute Gasteiger partial charge is 0.333 e. The molecule has 0 aliphatic heterocycles. The fourth-order valence-corrected chi connectivity index (χ4v) is 2.01. The highest BCUT2D eigenvalue weighted by molar-refractivity contribution is 7.52. The lowest BCUT2D eigenvalue weighted by molar-refractivity contribution is -0.118. The Labute approximate surface area is 99.6 Å². The van der Waals surface area contributed by atoms with Gasteiger partial charge in [0.2, 0.25) is 0 Å². The third-order valence-electron chi connectivity index (χ3n) is 1.98. The number of carbonyl (C=O) groups excluding carboxylic acids is 1. The van der Waals surface area contributed by atoms with Crippen LogP contribution in [0.1, 0.15) is 11.1 Å². The van der Waals surface area contributed by atoms with Gasteiger partial charge in [0.1, 0.15) is 18.5 Å². The van der Waals surface area contributed by atoms with Gasteiger partial charge < -0.3 is 14.5 Å². The predicted molar refractivity (Wildman–Crippen MR) is 63.3 cm³/mol. The van der Waals surface area contributed by atoms with Gasteiger partial charge in [-0.2, -0.15) is 0 Å². The van der Waals surface area contributed by atoms with Crippen molar-refractivity contribution in [3.63, 3.8) is 0 Å². The van der Waals surface area contributed by atoms with Gasteiger partial charge >= 0.3 is 7.60 Å². The van der Waals surface area contributed by atoms with Crippen LogP contribution in [-0.4, -0.2) is 28.3 Å². The first kappa shape index (κ1) is 13.9. The number of hydrogen-bond donors (Lipinski definition) is 2. The van der Waals surface area contributed by atoms with Crippen LogP contribution in [0.3, 0.4) is 0 Å². The van der Waals surface area contributed by atoms with Crippen molar-refractivity contribution in [1.29, 1.82) is 0 Å². The molecule has 0 fully saturated rings. The van der Waals surface area contributed by atoms with Gasteiger partial charge in [0.05, 0.1) is 0 Å². The van der Waals surface area contributed by atoms with Crippen LogP contribution in [0.25, 0.3) is 0 Å². The first-order chi connectivity index (χ1) is 7.76. The van der Waals surface area contributed by atoms with E-state index in [1.807, 2.05) is 19.9 Å². The van der Waals surface area contributed by atoms with Crippen LogP contribution < -0.4 is 4.74 Å². The lowest BCUT2D eigenvalue weighted by Crippen LogP contribution is -2.15. The zero-order valence-corrected chi connectivity index (χ0v) is 10.6. The fraction of sp³-hybridized carbons (Fsp3) is 0.364. The van der Waals surface area contributed by atoms with Crippen LogP contribution in [0, 0.1) is 13.8 Å². The topological polar surface area (TPSA) is 83.8 Å². The molecule has 0 saturated carbocycles. The van der Waals surface area contributed by atoms with Crippen molar-refractivity contribution >= 4 is 13.4 Å². The molecule has 0 spiro atoms. The summed E-state index contributed by atoms with van der Waals surface area (Å²) in [6.07, 6.45) is -0.780. The number of aryl methyl sites for hydroxylation is 2. The molecule has 1 aromatic carbocycles. The van der Waals surface area contributed by atoms with E-state index in [0.29, 0.717) is 5.75 Å². The lowest BCUT2D eigenvalue weighted by Gasteiger charge is -2.08. The third kappa shape index (κ3) is 5.63. The largest absolute Gasteiger partial charge is 0.486 e. The van der Waals surface area contributed by atoms with Crippen molar-refractivity contribution in [2.75, 3.05) is 12.8 Å². The summed E-state index contributed by atoms with van der Waals surface area (Å²) in [5, 5.41) is 0. The maximum atomic E-state index is 11.2. The van der Waals surface area contributed by atoms with E-state index in [-0.39, 0.29) is 6.61 Å². The molecule has 0 aliphatic rings. The number of benzene rings is 1. The van der Waals surface area contributed by atoms with Crippen molar-refractivity contribution in [3.8, 4) is 5.75 Å². The number of Topliss-reactive ketones (excluding diaryl/α,β-unsaturated/α-hetero) is 1. The zero-order chi connectivity index (χ0) is 13.1. The third-order valence-corrected chi connectivity index (χ3v) is 2.74. The monoisotopic (exact) mass is 258 g/mol. The minimum absolute atomic E-state index is 0.325. The second kappa shape index (κ2) is 5.45. The van der Waals surface area contributed by atoms with Crippen LogP contribution in [-0.2, 0) is 9.36 Å². The molecule has 0 aliphatic carbocycles. The molecule has 0 heterocycles. The molecule has 0 radical (unpaired) electrons.